The number of piperidine rings is 3. The highest BCUT2D eigenvalue weighted by atomic mass is 19.1. The van der Waals surface area contributed by atoms with E-state index in [1.807, 2.05) is 15.9 Å². The van der Waals surface area contributed by atoms with Crippen molar-refractivity contribution in [3.05, 3.63) is 65.5 Å². The van der Waals surface area contributed by atoms with Crippen LogP contribution >= 0.6 is 0 Å². The Kier molecular flexibility index (Phi) is 18.5. The largest absolute Gasteiger partial charge is 0.495 e. The summed E-state index contributed by atoms with van der Waals surface area (Å²) >= 11 is 0. The quantitative estimate of drug-likeness (QED) is 0.0976. The van der Waals surface area contributed by atoms with E-state index in [0.29, 0.717) is 93.6 Å². The number of nitrogens with zero attached hydrogens (tertiary/aromatic N) is 9. The maximum atomic E-state index is 15.7. The molecule has 0 saturated carbocycles. The summed E-state index contributed by atoms with van der Waals surface area (Å²) < 4.78 is 36.7. The summed E-state index contributed by atoms with van der Waals surface area (Å²) in [6.07, 6.45) is 10.8. The number of aromatic nitrogens is 2. The first-order valence-electron chi connectivity index (χ1n) is 27.1. The van der Waals surface area contributed by atoms with Gasteiger partial charge in [-0.1, -0.05) is 20.3 Å². The molecule has 5 aliphatic heterocycles. The van der Waals surface area contributed by atoms with Crippen molar-refractivity contribution < 1.29 is 37.5 Å². The van der Waals surface area contributed by atoms with E-state index in [9.17, 15) is 24.0 Å². The number of methoxy groups -OCH3 is 1. The summed E-state index contributed by atoms with van der Waals surface area (Å²) in [5.74, 6) is 1.39. The van der Waals surface area contributed by atoms with E-state index >= 15 is 8.78 Å². The Balaban J connectivity index is 0.705. The molecule has 18 nitrogen and oxygen atoms in total. The molecule has 3 N–H and O–H groups in total. The fourth-order valence-corrected chi connectivity index (χ4v) is 11.4. The summed E-state index contributed by atoms with van der Waals surface area (Å²) in [5, 5.41) is 9.22. The molecule has 1 aromatic heterocycles. The highest BCUT2D eigenvalue weighted by Crippen LogP contribution is 2.35. The van der Waals surface area contributed by atoms with Crippen LogP contribution in [-0.2, 0) is 20.9 Å². The van der Waals surface area contributed by atoms with Crippen molar-refractivity contribution in [3.63, 3.8) is 0 Å². The SMILES string of the molecule is CNC(=O)N(CCC=O)c1cc(C(=O)N2CCN(CC3CCN(C(=O)CCCCCNc4cc(N5CCC6(CC5)CN(c5cc(F)c(CN7CCC(C)(C)CC7)cc5F)CC(=O)N6)ncn4)CC3)CC2)ccc1OC. The number of hydrogen-bond acceptors (Lipinski definition) is 13. The topological polar surface area (TPSA) is 179 Å². The Morgan fingerprint density at radius 3 is 2.31 bits per heavy atom. The van der Waals surface area contributed by atoms with Gasteiger partial charge in [-0.15, -0.1) is 0 Å². The molecule has 5 saturated heterocycles. The molecule has 5 fully saturated rings. The van der Waals surface area contributed by atoms with E-state index in [2.05, 4.69) is 54.5 Å². The van der Waals surface area contributed by atoms with Gasteiger partial charge >= 0.3 is 6.03 Å². The first kappa shape index (κ1) is 55.1. The lowest BCUT2D eigenvalue weighted by molar-refractivity contribution is -0.132. The van der Waals surface area contributed by atoms with E-state index in [4.69, 9.17) is 4.74 Å². The molecular weight excluding hydrogens is 963 g/mol. The second kappa shape index (κ2) is 25.1. The number of likely N-dealkylation sites (tertiary alicyclic amines) is 2. The van der Waals surface area contributed by atoms with Gasteiger partial charge in [0.2, 0.25) is 11.8 Å². The van der Waals surface area contributed by atoms with Gasteiger partial charge in [-0.2, -0.15) is 0 Å². The molecule has 5 amide bonds. The minimum Gasteiger partial charge on any atom is -0.495 e. The number of hydrogen-bond donors (Lipinski definition) is 3. The average molecular weight is 1040 g/mol. The van der Waals surface area contributed by atoms with Crippen molar-refractivity contribution in [1.82, 2.24) is 40.2 Å². The maximum Gasteiger partial charge on any atom is 0.321 e. The van der Waals surface area contributed by atoms with Crippen LogP contribution in [0, 0.1) is 23.0 Å². The minimum atomic E-state index is -0.571. The minimum absolute atomic E-state index is 0.0272. The number of nitrogens with one attached hydrogen (secondary N) is 3. The average Bonchev–Trinajstić information content (AvgIpc) is 3.41. The lowest BCUT2D eigenvalue weighted by Gasteiger charge is -2.48. The first-order chi connectivity index (χ1) is 36.1. The molecule has 0 radical (unpaired) electrons. The zero-order chi connectivity index (χ0) is 53.1. The van der Waals surface area contributed by atoms with Crippen molar-refractivity contribution in [2.75, 3.05) is 132 Å². The van der Waals surface area contributed by atoms with E-state index < -0.39 is 23.2 Å². The monoisotopic (exact) mass is 1040 g/mol. The van der Waals surface area contributed by atoms with Crippen LogP contribution in [0.25, 0.3) is 0 Å². The predicted octanol–water partition coefficient (Wildman–Crippen LogP) is 5.76. The van der Waals surface area contributed by atoms with E-state index in [-0.39, 0.29) is 48.3 Å². The van der Waals surface area contributed by atoms with Crippen LogP contribution in [0.3, 0.4) is 0 Å². The Labute approximate surface area is 440 Å². The predicted molar refractivity (Wildman–Crippen MR) is 285 cm³/mol. The number of benzene rings is 2. The van der Waals surface area contributed by atoms with Gasteiger partial charge in [0.15, 0.2) is 0 Å². The molecule has 0 aliphatic carbocycles. The summed E-state index contributed by atoms with van der Waals surface area (Å²) in [7, 11) is 3.02. The van der Waals surface area contributed by atoms with E-state index in [1.165, 1.54) is 31.2 Å². The standard InChI is InChI=1S/C55H78F2N12O6/c1-54(2)14-22-63(23-15-54)36-42-31-44(57)45(33-43(42)56)68-37-50(71)62-55(38-68)16-24-65(25-17-55)49-34-48(60-39-61-49)59-18-7-5-6-9-51(72)66-20-12-40(13-21-66)35-64-26-28-67(29-27-64)52(73)41-10-11-47(75-4)46(32-41)69(19-8-30-70)53(74)58-3/h10-11,30-34,39-40H,5-9,12-29,35-38H2,1-4H3,(H,58,74)(H,62,71)(H,59,60,61). The number of aldehydes is 1. The number of urea groups is 1. The van der Waals surface area contributed by atoms with Crippen molar-refractivity contribution in [3.8, 4) is 5.75 Å². The van der Waals surface area contributed by atoms with Gasteiger partial charge in [-0.05, 0) is 100 Å². The summed E-state index contributed by atoms with van der Waals surface area (Å²) in [5.41, 5.74) is 1.06. The molecule has 6 heterocycles. The van der Waals surface area contributed by atoms with Crippen LogP contribution in [0.2, 0.25) is 0 Å². The molecule has 3 aromatic rings. The van der Waals surface area contributed by atoms with Crippen LogP contribution < -0.4 is 35.4 Å². The van der Waals surface area contributed by atoms with E-state index in [1.54, 1.807) is 29.4 Å². The smallest absolute Gasteiger partial charge is 0.321 e. The summed E-state index contributed by atoms with van der Waals surface area (Å²) in [6, 6.07) is 9.18. The van der Waals surface area contributed by atoms with Crippen molar-refractivity contribution in [2.24, 2.45) is 11.3 Å². The van der Waals surface area contributed by atoms with Gasteiger partial charge in [0.25, 0.3) is 5.91 Å². The fourth-order valence-electron chi connectivity index (χ4n) is 11.4. The number of ether oxygens (including phenoxy) is 1. The van der Waals surface area contributed by atoms with Crippen LogP contribution in [0.4, 0.5) is 36.6 Å². The number of unbranched alkanes of at least 4 members (excludes halogenated alkanes) is 2. The van der Waals surface area contributed by atoms with Gasteiger partial charge in [0.1, 0.15) is 41.6 Å². The molecule has 1 spiro atoms. The molecule has 0 bridgehead atoms. The highest BCUT2D eigenvalue weighted by molar-refractivity contribution is 5.99. The number of piperazine rings is 2. The van der Waals surface area contributed by atoms with Crippen LogP contribution in [0.5, 0.6) is 5.75 Å². The molecule has 5 aliphatic rings. The van der Waals surface area contributed by atoms with Gasteiger partial charge in [0, 0.05) is 128 Å². The second-order valence-electron chi connectivity index (χ2n) is 22.0. The van der Waals surface area contributed by atoms with Gasteiger partial charge in [-0.25, -0.2) is 23.5 Å². The zero-order valence-corrected chi connectivity index (χ0v) is 44.5. The number of carbonyl (C=O) groups excluding carboxylic acids is 5. The molecule has 0 unspecified atom stereocenters. The van der Waals surface area contributed by atoms with Crippen LogP contribution in [-0.4, -0.2) is 177 Å². The number of rotatable bonds is 19. The molecule has 75 heavy (non-hydrogen) atoms. The third-order valence-electron chi connectivity index (χ3n) is 16.2. The highest BCUT2D eigenvalue weighted by Gasteiger charge is 2.42. The second-order valence-corrected chi connectivity index (χ2v) is 22.0. The number of carbonyl (C=O) groups is 5. The molecule has 2 aromatic carbocycles. The Bertz CT molecular complexity index is 2470. The third kappa shape index (κ3) is 14.2. The van der Waals surface area contributed by atoms with E-state index in [0.717, 1.165) is 109 Å². The first-order valence-corrected chi connectivity index (χ1v) is 27.1. The van der Waals surface area contributed by atoms with Crippen molar-refractivity contribution in [1.29, 1.82) is 0 Å². The lowest BCUT2D eigenvalue weighted by atomic mass is 9.82. The summed E-state index contributed by atoms with van der Waals surface area (Å²) in [4.78, 5) is 86.4. The Hall–Kier alpha value is -6.15. The van der Waals surface area contributed by atoms with Gasteiger partial charge in [-0.3, -0.25) is 29.1 Å². The number of amides is 5. The van der Waals surface area contributed by atoms with Crippen LogP contribution in [0.15, 0.2) is 42.7 Å². The molecule has 8 rings (SSSR count). The van der Waals surface area contributed by atoms with Crippen molar-refractivity contribution >= 4 is 53.0 Å². The van der Waals surface area contributed by atoms with Gasteiger partial charge in [0.05, 0.1) is 30.6 Å². The number of anilines is 4. The maximum absolute atomic E-state index is 15.7. The molecule has 408 valence electrons. The molecule has 20 heteroatoms. The molecular formula is C55H78F2N12O6. The normalized spacial score (nSPS) is 19.4. The zero-order valence-electron chi connectivity index (χ0n) is 44.5. The Morgan fingerprint density at radius 2 is 1.60 bits per heavy atom. The van der Waals surface area contributed by atoms with Gasteiger partial charge < -0.3 is 45.1 Å². The Morgan fingerprint density at radius 1 is 0.853 bits per heavy atom. The fraction of sp³-hybridized carbons (Fsp3) is 0.618. The summed E-state index contributed by atoms with van der Waals surface area (Å²) in [6.45, 7) is 14.2. The van der Waals surface area contributed by atoms with Crippen LogP contribution in [0.1, 0.15) is 100 Å². The number of halogens is 2. The third-order valence-corrected chi connectivity index (χ3v) is 16.2. The lowest BCUT2D eigenvalue weighted by Crippen LogP contribution is -2.66. The molecule has 0 atom stereocenters. The van der Waals surface area contributed by atoms with Crippen molar-refractivity contribution in [2.45, 2.75) is 96.6 Å².